The molecule has 0 bridgehead atoms. The fourth-order valence-electron chi connectivity index (χ4n) is 2.65. The molecule has 0 N–H and O–H groups in total. The summed E-state index contributed by atoms with van der Waals surface area (Å²) in [5.74, 6) is -0.596. The largest absolute Gasteiger partial charge is 0.465 e. The Labute approximate surface area is 128 Å². The number of sulfonamides is 1. The molecule has 2 fully saturated rings. The van der Waals surface area contributed by atoms with E-state index in [2.05, 4.69) is 4.74 Å². The van der Waals surface area contributed by atoms with Gasteiger partial charge in [0.15, 0.2) is 0 Å². The van der Waals surface area contributed by atoms with Crippen LogP contribution >= 0.6 is 11.3 Å². The number of thiophene rings is 1. The Morgan fingerprint density at radius 1 is 1.19 bits per heavy atom. The van der Waals surface area contributed by atoms with E-state index in [0.717, 1.165) is 24.2 Å². The standard InChI is InChI=1S/C14H17NO4S2/c1-19-14(16)13-12(6-9-20-13)21(17,18)15-7-4-11(5-8-15)10-2-3-10/h6,9H,2-5,7-8H2,1H3. The van der Waals surface area contributed by atoms with E-state index in [-0.39, 0.29) is 9.77 Å². The molecule has 2 aliphatic rings. The van der Waals surface area contributed by atoms with Crippen LogP contribution in [0.25, 0.3) is 0 Å². The second-order valence-electron chi connectivity index (χ2n) is 5.22. The van der Waals surface area contributed by atoms with Crippen molar-refractivity contribution in [3.63, 3.8) is 0 Å². The lowest BCUT2D eigenvalue weighted by Gasteiger charge is -2.27. The SMILES string of the molecule is COC(=O)c1sccc1S(=O)(=O)N1CCC(=C2CC2)CC1. The van der Waals surface area contributed by atoms with Crippen LogP contribution in [0.4, 0.5) is 0 Å². The van der Waals surface area contributed by atoms with Crippen molar-refractivity contribution in [3.05, 3.63) is 27.5 Å². The number of rotatable bonds is 3. The maximum absolute atomic E-state index is 12.7. The molecule has 2 heterocycles. The van der Waals surface area contributed by atoms with Crippen molar-refractivity contribution in [3.8, 4) is 0 Å². The molecule has 0 aromatic carbocycles. The molecule has 0 unspecified atom stereocenters. The number of hydrogen-bond acceptors (Lipinski definition) is 5. The molecule has 0 amide bonds. The molecule has 21 heavy (non-hydrogen) atoms. The van der Waals surface area contributed by atoms with Gasteiger partial charge in [0.1, 0.15) is 9.77 Å². The van der Waals surface area contributed by atoms with Crippen LogP contribution in [-0.4, -0.2) is 38.9 Å². The quantitative estimate of drug-likeness (QED) is 0.632. The van der Waals surface area contributed by atoms with Crippen molar-refractivity contribution < 1.29 is 17.9 Å². The van der Waals surface area contributed by atoms with E-state index in [0.29, 0.717) is 13.1 Å². The lowest BCUT2D eigenvalue weighted by atomic mass is 10.1. The Hall–Kier alpha value is -1.18. The number of esters is 1. The number of carbonyl (C=O) groups excluding carboxylic acids is 1. The maximum atomic E-state index is 12.7. The van der Waals surface area contributed by atoms with Gasteiger partial charge in [0, 0.05) is 13.1 Å². The van der Waals surface area contributed by atoms with Crippen molar-refractivity contribution in [2.75, 3.05) is 20.2 Å². The summed E-state index contributed by atoms with van der Waals surface area (Å²) in [6.45, 7) is 0.995. The van der Waals surface area contributed by atoms with Crippen molar-refractivity contribution in [1.82, 2.24) is 4.31 Å². The van der Waals surface area contributed by atoms with Gasteiger partial charge in [0.25, 0.3) is 0 Å². The van der Waals surface area contributed by atoms with Crippen LogP contribution in [0.3, 0.4) is 0 Å². The van der Waals surface area contributed by atoms with Crippen molar-refractivity contribution >= 4 is 27.3 Å². The summed E-state index contributed by atoms with van der Waals surface area (Å²) in [6, 6.07) is 1.49. The Balaban J connectivity index is 1.83. The van der Waals surface area contributed by atoms with E-state index >= 15 is 0 Å². The van der Waals surface area contributed by atoms with Gasteiger partial charge in [-0.05, 0) is 37.1 Å². The highest BCUT2D eigenvalue weighted by molar-refractivity contribution is 7.89. The average Bonchev–Trinajstić information content (AvgIpc) is 3.22. The van der Waals surface area contributed by atoms with Gasteiger partial charge < -0.3 is 4.74 Å². The molecule has 1 saturated carbocycles. The number of hydrogen-bond donors (Lipinski definition) is 0. The molecule has 1 aromatic rings. The van der Waals surface area contributed by atoms with Crippen LogP contribution in [0.5, 0.6) is 0 Å². The average molecular weight is 327 g/mol. The minimum absolute atomic E-state index is 0.0712. The van der Waals surface area contributed by atoms with Crippen molar-refractivity contribution in [2.24, 2.45) is 0 Å². The summed E-state index contributed by atoms with van der Waals surface area (Å²) in [7, 11) is -2.36. The second kappa shape index (κ2) is 5.55. The first-order chi connectivity index (χ1) is 10.0. The van der Waals surface area contributed by atoms with Crippen molar-refractivity contribution in [2.45, 2.75) is 30.6 Å². The highest BCUT2D eigenvalue weighted by atomic mass is 32.2. The third-order valence-electron chi connectivity index (χ3n) is 3.94. The van der Waals surface area contributed by atoms with Crippen LogP contribution < -0.4 is 0 Å². The van der Waals surface area contributed by atoms with Crippen LogP contribution in [0.2, 0.25) is 0 Å². The van der Waals surface area contributed by atoms with Gasteiger partial charge in [-0.3, -0.25) is 0 Å². The highest BCUT2D eigenvalue weighted by Gasteiger charge is 2.33. The maximum Gasteiger partial charge on any atom is 0.349 e. The zero-order valence-electron chi connectivity index (χ0n) is 11.8. The Morgan fingerprint density at radius 2 is 1.81 bits per heavy atom. The Kier molecular flexibility index (Phi) is 3.90. The van der Waals surface area contributed by atoms with E-state index in [1.165, 1.54) is 41.5 Å². The van der Waals surface area contributed by atoms with Gasteiger partial charge in [-0.25, -0.2) is 13.2 Å². The Morgan fingerprint density at radius 3 is 2.38 bits per heavy atom. The first-order valence-electron chi connectivity index (χ1n) is 6.90. The molecule has 0 atom stereocenters. The molecule has 3 rings (SSSR count). The zero-order valence-corrected chi connectivity index (χ0v) is 13.4. The first-order valence-corrected chi connectivity index (χ1v) is 9.21. The van der Waals surface area contributed by atoms with Gasteiger partial charge in [-0.2, -0.15) is 4.31 Å². The zero-order chi connectivity index (χ0) is 15.0. The fourth-order valence-corrected chi connectivity index (χ4v) is 5.40. The number of allylic oxidation sites excluding steroid dienone is 1. The van der Waals surface area contributed by atoms with Gasteiger partial charge >= 0.3 is 5.97 Å². The molecule has 5 nitrogen and oxygen atoms in total. The number of ether oxygens (including phenoxy) is 1. The predicted molar refractivity (Wildman–Crippen MR) is 79.9 cm³/mol. The lowest BCUT2D eigenvalue weighted by molar-refractivity contribution is 0.0602. The van der Waals surface area contributed by atoms with Crippen LogP contribution in [0.15, 0.2) is 27.5 Å². The van der Waals surface area contributed by atoms with Crippen LogP contribution in [0, 0.1) is 0 Å². The van der Waals surface area contributed by atoms with E-state index in [1.807, 2.05) is 0 Å². The normalized spacial score (nSPS) is 19.7. The summed E-state index contributed by atoms with van der Waals surface area (Å²) >= 11 is 1.10. The predicted octanol–water partition coefficient (Wildman–Crippen LogP) is 2.41. The molecule has 7 heteroatoms. The topological polar surface area (TPSA) is 63.7 Å². The molecule has 0 spiro atoms. The monoisotopic (exact) mass is 327 g/mol. The van der Waals surface area contributed by atoms with E-state index in [1.54, 1.807) is 5.38 Å². The number of piperidine rings is 1. The summed E-state index contributed by atoms with van der Waals surface area (Å²) in [5, 5.41) is 1.61. The van der Waals surface area contributed by atoms with Crippen LogP contribution in [-0.2, 0) is 14.8 Å². The van der Waals surface area contributed by atoms with Gasteiger partial charge in [-0.1, -0.05) is 11.1 Å². The third kappa shape index (κ3) is 2.77. The molecule has 1 aliphatic carbocycles. The summed E-state index contributed by atoms with van der Waals surface area (Å²) in [5.41, 5.74) is 2.94. The third-order valence-corrected chi connectivity index (χ3v) is 6.91. The van der Waals surface area contributed by atoms with Crippen LogP contribution in [0.1, 0.15) is 35.4 Å². The van der Waals surface area contributed by atoms with Gasteiger partial charge in [-0.15, -0.1) is 11.3 Å². The summed E-state index contributed by atoms with van der Waals surface area (Å²) in [4.78, 5) is 11.9. The number of methoxy groups -OCH3 is 1. The lowest BCUT2D eigenvalue weighted by Crippen LogP contribution is -2.36. The Bertz CT molecular complexity index is 686. The molecule has 1 aliphatic heterocycles. The molecular formula is C14H17NO4S2. The molecular weight excluding hydrogens is 310 g/mol. The van der Waals surface area contributed by atoms with E-state index in [4.69, 9.17) is 0 Å². The summed E-state index contributed by atoms with van der Waals surface area (Å²) in [6.07, 6.45) is 3.98. The van der Waals surface area contributed by atoms with Crippen molar-refractivity contribution in [1.29, 1.82) is 0 Å². The molecule has 1 saturated heterocycles. The molecule has 1 aromatic heterocycles. The fraction of sp³-hybridized carbons (Fsp3) is 0.500. The number of nitrogens with zero attached hydrogens (tertiary/aromatic N) is 1. The first kappa shape index (κ1) is 14.7. The van der Waals surface area contributed by atoms with E-state index in [9.17, 15) is 13.2 Å². The summed E-state index contributed by atoms with van der Waals surface area (Å²) < 4.78 is 31.5. The smallest absolute Gasteiger partial charge is 0.349 e. The van der Waals surface area contributed by atoms with Gasteiger partial charge in [0.2, 0.25) is 10.0 Å². The minimum Gasteiger partial charge on any atom is -0.465 e. The minimum atomic E-state index is -3.61. The highest BCUT2D eigenvalue weighted by Crippen LogP contribution is 2.37. The number of carbonyl (C=O) groups is 1. The second-order valence-corrected chi connectivity index (χ2v) is 8.04. The van der Waals surface area contributed by atoms with Gasteiger partial charge in [0.05, 0.1) is 7.11 Å². The molecule has 114 valence electrons. The molecule has 0 radical (unpaired) electrons. The van der Waals surface area contributed by atoms with E-state index < -0.39 is 16.0 Å².